The van der Waals surface area contributed by atoms with Crippen molar-refractivity contribution in [2.75, 3.05) is 26.4 Å². The Hall–Kier alpha value is 0.0700. The predicted molar refractivity (Wildman–Crippen MR) is 66.2 cm³/mol. The van der Waals surface area contributed by atoms with Gasteiger partial charge in [-0.3, -0.25) is 0 Å². The summed E-state index contributed by atoms with van der Waals surface area (Å²) in [6, 6.07) is 0. The second-order valence-electron chi connectivity index (χ2n) is 4.49. The van der Waals surface area contributed by atoms with Crippen molar-refractivity contribution in [3.05, 3.63) is 0 Å². The summed E-state index contributed by atoms with van der Waals surface area (Å²) in [4.78, 5) is 0. The maximum Gasteiger partial charge on any atom is 0.0937 e. The van der Waals surface area contributed by atoms with E-state index in [2.05, 4.69) is 5.32 Å². The molecule has 0 amide bonds. The van der Waals surface area contributed by atoms with Crippen molar-refractivity contribution in [1.82, 2.24) is 9.62 Å². The van der Waals surface area contributed by atoms with Crippen LogP contribution in [0.3, 0.4) is 0 Å². The van der Waals surface area contributed by atoms with Crippen LogP contribution in [0.5, 0.6) is 0 Å². The molecule has 3 nitrogen and oxygen atoms in total. The van der Waals surface area contributed by atoms with Crippen LogP contribution in [0.25, 0.3) is 0 Å². The number of likely N-dealkylation sites (N-methyl/N-ethyl adjacent to an activating group) is 2. The van der Waals surface area contributed by atoms with Crippen LogP contribution >= 0.6 is 0 Å². The minimum atomic E-state index is -0.808. The van der Waals surface area contributed by atoms with Crippen LogP contribution in [0, 0.1) is 0 Å². The smallest absolute Gasteiger partial charge is 0.0937 e. The molecule has 0 aromatic carbocycles. The van der Waals surface area contributed by atoms with Gasteiger partial charge in [0.1, 0.15) is 0 Å². The third-order valence-electron chi connectivity index (χ3n) is 3.46. The zero-order valence-electron chi connectivity index (χ0n) is 10.2. The molecule has 1 N–H and O–H groups in total. The predicted octanol–water partition coefficient (Wildman–Crippen LogP) is 1.52. The molecule has 0 aromatic heterocycles. The number of nitrogens with zero attached hydrogens (tertiary/aromatic N) is 1. The Balaban J connectivity index is 2.54. The van der Waals surface area contributed by atoms with E-state index in [0.29, 0.717) is 0 Å². The van der Waals surface area contributed by atoms with Crippen molar-refractivity contribution in [1.29, 1.82) is 0 Å². The molecular formula is C11H24N2OS. The highest BCUT2D eigenvalue weighted by Crippen LogP contribution is 2.28. The maximum absolute atomic E-state index is 11.7. The molecule has 0 aromatic rings. The van der Waals surface area contributed by atoms with Gasteiger partial charge in [-0.25, -0.2) is 8.51 Å². The minimum Gasteiger partial charge on any atom is -0.313 e. The number of hydrogen-bond acceptors (Lipinski definition) is 2. The lowest BCUT2D eigenvalue weighted by Crippen LogP contribution is -2.52. The van der Waals surface area contributed by atoms with Gasteiger partial charge in [-0.05, 0) is 26.9 Å². The molecule has 1 unspecified atom stereocenters. The van der Waals surface area contributed by atoms with Crippen molar-refractivity contribution >= 4 is 11.0 Å². The fourth-order valence-corrected chi connectivity index (χ4v) is 3.27. The molecule has 0 spiro atoms. The highest BCUT2D eigenvalue weighted by Gasteiger charge is 2.32. The van der Waals surface area contributed by atoms with Crippen molar-refractivity contribution in [3.8, 4) is 0 Å². The van der Waals surface area contributed by atoms with E-state index in [1.54, 1.807) is 0 Å². The summed E-state index contributed by atoms with van der Waals surface area (Å²) < 4.78 is 13.6. The van der Waals surface area contributed by atoms with Crippen LogP contribution in [-0.4, -0.2) is 40.4 Å². The van der Waals surface area contributed by atoms with Crippen LogP contribution in [0.15, 0.2) is 0 Å². The Kier molecular flexibility index (Phi) is 5.23. The van der Waals surface area contributed by atoms with Gasteiger partial charge in [-0.15, -0.1) is 0 Å². The summed E-state index contributed by atoms with van der Waals surface area (Å²) in [7, 11) is 3.19. The van der Waals surface area contributed by atoms with Crippen molar-refractivity contribution in [3.63, 3.8) is 0 Å². The van der Waals surface area contributed by atoms with Gasteiger partial charge in [0.2, 0.25) is 0 Å². The lowest BCUT2D eigenvalue weighted by molar-refractivity contribution is 0.212. The van der Waals surface area contributed by atoms with Gasteiger partial charge < -0.3 is 5.32 Å². The van der Waals surface area contributed by atoms with E-state index in [-0.39, 0.29) is 5.54 Å². The lowest BCUT2D eigenvalue weighted by atomic mass is 9.82. The topological polar surface area (TPSA) is 32.3 Å². The first-order valence-electron chi connectivity index (χ1n) is 5.92. The largest absolute Gasteiger partial charge is 0.313 e. The first kappa shape index (κ1) is 13.1. The zero-order chi connectivity index (χ0) is 11.3. The molecule has 4 heteroatoms. The molecule has 1 saturated carbocycles. The van der Waals surface area contributed by atoms with E-state index < -0.39 is 11.0 Å². The summed E-state index contributed by atoms with van der Waals surface area (Å²) >= 11 is 0. The van der Waals surface area contributed by atoms with E-state index in [9.17, 15) is 4.21 Å². The average Bonchev–Trinajstić information content (AvgIpc) is 2.29. The van der Waals surface area contributed by atoms with E-state index >= 15 is 0 Å². The average molecular weight is 232 g/mol. The normalized spacial score (nSPS) is 22.9. The second-order valence-corrected chi connectivity index (χ2v) is 6.33. The fourth-order valence-electron chi connectivity index (χ4n) is 2.43. The molecule has 1 atom stereocenters. The van der Waals surface area contributed by atoms with Crippen LogP contribution in [0.1, 0.15) is 39.0 Å². The van der Waals surface area contributed by atoms with Crippen LogP contribution in [0.4, 0.5) is 0 Å². The maximum atomic E-state index is 11.7. The molecule has 0 bridgehead atoms. The Morgan fingerprint density at radius 1 is 1.33 bits per heavy atom. The van der Waals surface area contributed by atoms with Crippen molar-refractivity contribution < 1.29 is 4.21 Å². The molecule has 0 aliphatic heterocycles. The van der Waals surface area contributed by atoms with Gasteiger partial charge >= 0.3 is 0 Å². The number of rotatable bonds is 5. The molecule has 1 rings (SSSR count). The molecule has 15 heavy (non-hydrogen) atoms. The molecular weight excluding hydrogens is 208 g/mol. The third-order valence-corrected chi connectivity index (χ3v) is 4.78. The molecule has 1 fully saturated rings. The van der Waals surface area contributed by atoms with E-state index in [1.807, 2.05) is 25.3 Å². The summed E-state index contributed by atoms with van der Waals surface area (Å²) in [6.07, 6.45) is 6.38. The van der Waals surface area contributed by atoms with Crippen LogP contribution < -0.4 is 5.32 Å². The first-order chi connectivity index (χ1) is 7.13. The van der Waals surface area contributed by atoms with Crippen LogP contribution in [0.2, 0.25) is 0 Å². The highest BCUT2D eigenvalue weighted by atomic mass is 32.2. The summed E-state index contributed by atoms with van der Waals surface area (Å²) in [5.74, 6) is 0.719. The van der Waals surface area contributed by atoms with Crippen molar-refractivity contribution in [2.24, 2.45) is 0 Å². The molecule has 0 radical (unpaired) electrons. The van der Waals surface area contributed by atoms with Gasteiger partial charge in [-0.2, -0.15) is 0 Å². The lowest BCUT2D eigenvalue weighted by Gasteiger charge is -2.39. The standard InChI is InChI=1S/C11H24N2OS/c1-4-15(14)13(3)10-11(12-2)8-6-5-7-9-11/h12H,4-10H2,1-3H3. The molecule has 90 valence electrons. The highest BCUT2D eigenvalue weighted by molar-refractivity contribution is 7.82. The Morgan fingerprint density at radius 3 is 2.40 bits per heavy atom. The summed E-state index contributed by atoms with van der Waals surface area (Å²) in [6.45, 7) is 2.88. The molecule has 1 aliphatic rings. The van der Waals surface area contributed by atoms with E-state index in [1.165, 1.54) is 32.1 Å². The Morgan fingerprint density at radius 2 is 1.93 bits per heavy atom. The molecule has 1 aliphatic carbocycles. The van der Waals surface area contributed by atoms with Gasteiger partial charge in [0.15, 0.2) is 0 Å². The Labute approximate surface area is 96.2 Å². The first-order valence-corrected chi connectivity index (χ1v) is 7.19. The van der Waals surface area contributed by atoms with E-state index in [0.717, 1.165) is 12.3 Å². The SMILES string of the molecule is CCS(=O)N(C)CC1(NC)CCCCC1. The Bertz CT molecular complexity index is 215. The van der Waals surface area contributed by atoms with Gasteiger partial charge in [0.05, 0.1) is 11.0 Å². The summed E-state index contributed by atoms with van der Waals surface area (Å²) in [5.41, 5.74) is 0.206. The van der Waals surface area contributed by atoms with Crippen molar-refractivity contribution in [2.45, 2.75) is 44.6 Å². The third kappa shape index (κ3) is 3.54. The fraction of sp³-hybridized carbons (Fsp3) is 1.00. The molecule has 0 heterocycles. The quantitative estimate of drug-likeness (QED) is 0.779. The number of nitrogens with one attached hydrogen (secondary N) is 1. The van der Waals surface area contributed by atoms with Gasteiger partial charge in [-0.1, -0.05) is 26.2 Å². The monoisotopic (exact) mass is 232 g/mol. The van der Waals surface area contributed by atoms with E-state index in [4.69, 9.17) is 0 Å². The van der Waals surface area contributed by atoms with Gasteiger partial charge in [0, 0.05) is 17.8 Å². The summed E-state index contributed by atoms with van der Waals surface area (Å²) in [5, 5.41) is 3.45. The molecule has 0 saturated heterocycles. The van der Waals surface area contributed by atoms with Gasteiger partial charge in [0.25, 0.3) is 0 Å². The zero-order valence-corrected chi connectivity index (χ0v) is 11.0. The van der Waals surface area contributed by atoms with Crippen LogP contribution in [-0.2, 0) is 11.0 Å². The number of hydrogen-bond donors (Lipinski definition) is 1. The second kappa shape index (κ2) is 5.97. The minimum absolute atomic E-state index is 0.206.